The van der Waals surface area contributed by atoms with Gasteiger partial charge in [0, 0.05) is 5.69 Å². The van der Waals surface area contributed by atoms with E-state index in [0.717, 1.165) is 29.3 Å². The Morgan fingerprint density at radius 2 is 1.79 bits per heavy atom. The number of carbonyl (C=O) groups excluding carboxylic acids is 1. The van der Waals surface area contributed by atoms with Crippen LogP contribution < -0.4 is 10.1 Å². The number of thioether (sulfide) groups is 1. The maximum atomic E-state index is 12.4. The molecule has 0 spiro atoms. The number of nitrogens with one attached hydrogen (secondary N) is 1. The fourth-order valence-electron chi connectivity index (χ4n) is 3.03. The van der Waals surface area contributed by atoms with Crippen molar-refractivity contribution in [3.63, 3.8) is 0 Å². The minimum Gasteiger partial charge on any atom is -0.486 e. The van der Waals surface area contributed by atoms with Crippen LogP contribution in [-0.2, 0) is 24.2 Å². The average Bonchev–Trinajstić information content (AvgIpc) is 3.48. The number of para-hydroxylation sites is 1. The first-order chi connectivity index (χ1) is 16.2. The number of carbonyl (C=O) groups is 1. The second kappa shape index (κ2) is 11.1. The third-order valence-corrected chi connectivity index (χ3v) is 6.67. The molecule has 10 heteroatoms. The van der Waals surface area contributed by atoms with Crippen LogP contribution in [0.3, 0.4) is 0 Å². The lowest BCUT2D eigenvalue weighted by Gasteiger charge is -2.11. The Labute approximate surface area is 200 Å². The minimum absolute atomic E-state index is 0.171. The number of rotatable bonds is 10. The first kappa shape index (κ1) is 22.9. The molecule has 0 saturated heterocycles. The summed E-state index contributed by atoms with van der Waals surface area (Å²) in [5.41, 5.74) is 2.16. The number of hydrogen-bond acceptors (Lipinski definition) is 8. The second-order valence-corrected chi connectivity index (χ2v) is 9.05. The summed E-state index contributed by atoms with van der Waals surface area (Å²) in [5.74, 6) is 1.42. The van der Waals surface area contributed by atoms with E-state index in [1.165, 1.54) is 28.7 Å². The van der Waals surface area contributed by atoms with Gasteiger partial charge in [0.05, 0.1) is 5.75 Å². The highest BCUT2D eigenvalue weighted by Gasteiger charge is 2.17. The predicted molar refractivity (Wildman–Crippen MR) is 130 cm³/mol. The number of benzene rings is 2. The zero-order chi connectivity index (χ0) is 23.0. The average molecular weight is 481 g/mol. The van der Waals surface area contributed by atoms with Crippen LogP contribution >= 0.6 is 23.1 Å². The van der Waals surface area contributed by atoms with E-state index in [1.807, 2.05) is 54.0 Å². The van der Waals surface area contributed by atoms with Gasteiger partial charge in [0.15, 0.2) is 11.0 Å². The number of aryl methyl sites for hydroxylation is 2. The smallest absolute Gasteiger partial charge is 0.236 e. The molecule has 0 radical (unpaired) electrons. The monoisotopic (exact) mass is 480 g/mol. The molecule has 0 aliphatic carbocycles. The van der Waals surface area contributed by atoms with E-state index < -0.39 is 0 Å². The van der Waals surface area contributed by atoms with Crippen molar-refractivity contribution in [2.24, 2.45) is 0 Å². The predicted octanol–water partition coefficient (Wildman–Crippen LogP) is 4.55. The summed E-state index contributed by atoms with van der Waals surface area (Å²) in [4.78, 5) is 12.4. The molecular weight excluding hydrogens is 456 g/mol. The lowest BCUT2D eigenvalue weighted by molar-refractivity contribution is -0.113. The largest absolute Gasteiger partial charge is 0.486 e. The molecule has 1 N–H and O–H groups in total. The van der Waals surface area contributed by atoms with Gasteiger partial charge in [-0.25, -0.2) is 0 Å². The highest BCUT2D eigenvalue weighted by molar-refractivity contribution is 7.99. The third kappa shape index (κ3) is 5.96. The van der Waals surface area contributed by atoms with Crippen LogP contribution in [-0.4, -0.2) is 36.6 Å². The zero-order valence-corrected chi connectivity index (χ0v) is 20.0. The van der Waals surface area contributed by atoms with E-state index in [2.05, 4.69) is 44.8 Å². The quantitative estimate of drug-likeness (QED) is 0.333. The standard InChI is InChI=1S/C23H24N6O2S2/c1-3-16-10-12-18(13-11-16)31-14-19-25-28-23(29(19)17-8-6-5-7-9-17)32-15-20(30)24-22-27-26-21(4-2)33-22/h5-13H,3-4,14-15H2,1-2H3,(H,24,27,30). The molecule has 33 heavy (non-hydrogen) atoms. The molecular formula is C23H24N6O2S2. The molecule has 0 aliphatic rings. The van der Waals surface area contributed by atoms with Gasteiger partial charge in [0.1, 0.15) is 17.4 Å². The van der Waals surface area contributed by atoms with Gasteiger partial charge in [0.25, 0.3) is 0 Å². The number of ether oxygens (including phenoxy) is 1. The molecule has 2 aromatic heterocycles. The topological polar surface area (TPSA) is 94.8 Å². The Balaban J connectivity index is 1.46. The first-order valence-corrected chi connectivity index (χ1v) is 12.4. The van der Waals surface area contributed by atoms with E-state index >= 15 is 0 Å². The number of nitrogens with zero attached hydrogens (tertiary/aromatic N) is 5. The van der Waals surface area contributed by atoms with Crippen LogP contribution in [0.4, 0.5) is 5.13 Å². The fourth-order valence-corrected chi connectivity index (χ4v) is 4.49. The van der Waals surface area contributed by atoms with E-state index in [0.29, 0.717) is 16.1 Å². The van der Waals surface area contributed by atoms with Crippen LogP contribution in [0, 0.1) is 0 Å². The van der Waals surface area contributed by atoms with Gasteiger partial charge in [-0.3, -0.25) is 14.7 Å². The Hall–Kier alpha value is -3.24. The summed E-state index contributed by atoms with van der Waals surface area (Å²) < 4.78 is 7.87. The molecule has 2 heterocycles. The van der Waals surface area contributed by atoms with Crippen molar-refractivity contribution in [2.75, 3.05) is 11.1 Å². The third-order valence-electron chi connectivity index (χ3n) is 4.76. The molecule has 1 amide bonds. The fraction of sp³-hybridized carbons (Fsp3) is 0.261. The van der Waals surface area contributed by atoms with Gasteiger partial charge in [0.2, 0.25) is 11.0 Å². The van der Waals surface area contributed by atoms with Crippen molar-refractivity contribution < 1.29 is 9.53 Å². The molecule has 8 nitrogen and oxygen atoms in total. The molecule has 4 aromatic rings. The first-order valence-electron chi connectivity index (χ1n) is 10.6. The molecule has 0 fully saturated rings. The highest BCUT2D eigenvalue weighted by atomic mass is 32.2. The lowest BCUT2D eigenvalue weighted by Crippen LogP contribution is -2.14. The van der Waals surface area contributed by atoms with Crippen LogP contribution in [0.1, 0.15) is 30.2 Å². The molecule has 4 rings (SSSR count). The van der Waals surface area contributed by atoms with Crippen LogP contribution in [0.15, 0.2) is 59.8 Å². The number of amides is 1. The molecule has 170 valence electrons. The molecule has 2 aromatic carbocycles. The van der Waals surface area contributed by atoms with Gasteiger partial charge in [-0.05, 0) is 42.7 Å². The summed E-state index contributed by atoms with van der Waals surface area (Å²) in [5, 5.41) is 21.5. The van der Waals surface area contributed by atoms with Gasteiger partial charge < -0.3 is 4.74 Å². The van der Waals surface area contributed by atoms with Crippen molar-refractivity contribution in [3.05, 3.63) is 71.0 Å². The highest BCUT2D eigenvalue weighted by Crippen LogP contribution is 2.24. The molecule has 0 unspecified atom stereocenters. The van der Waals surface area contributed by atoms with Crippen molar-refractivity contribution >= 4 is 34.1 Å². The Bertz CT molecular complexity index is 1190. The van der Waals surface area contributed by atoms with Gasteiger partial charge in [-0.1, -0.05) is 67.3 Å². The van der Waals surface area contributed by atoms with E-state index in [1.54, 1.807) is 0 Å². The van der Waals surface area contributed by atoms with Crippen molar-refractivity contribution in [1.29, 1.82) is 0 Å². The summed E-state index contributed by atoms with van der Waals surface area (Å²) >= 11 is 2.69. The summed E-state index contributed by atoms with van der Waals surface area (Å²) in [6, 6.07) is 17.8. The molecule has 0 aliphatic heterocycles. The van der Waals surface area contributed by atoms with Gasteiger partial charge in [-0.15, -0.1) is 20.4 Å². The number of aromatic nitrogens is 5. The van der Waals surface area contributed by atoms with Crippen LogP contribution in [0.2, 0.25) is 0 Å². The van der Waals surface area contributed by atoms with Crippen molar-refractivity contribution in [3.8, 4) is 11.4 Å². The summed E-state index contributed by atoms with van der Waals surface area (Å²) in [6.45, 7) is 4.37. The van der Waals surface area contributed by atoms with Crippen LogP contribution in [0.25, 0.3) is 5.69 Å². The maximum Gasteiger partial charge on any atom is 0.236 e. The van der Waals surface area contributed by atoms with E-state index in [4.69, 9.17) is 4.74 Å². The SMILES string of the molecule is CCc1ccc(OCc2nnc(SCC(=O)Nc3nnc(CC)s3)n2-c2ccccc2)cc1. The van der Waals surface area contributed by atoms with E-state index in [-0.39, 0.29) is 18.3 Å². The van der Waals surface area contributed by atoms with Gasteiger partial charge >= 0.3 is 0 Å². The normalized spacial score (nSPS) is 10.8. The molecule has 0 atom stereocenters. The second-order valence-electron chi connectivity index (χ2n) is 7.05. The Kier molecular flexibility index (Phi) is 7.69. The molecule has 0 bridgehead atoms. The number of anilines is 1. The van der Waals surface area contributed by atoms with Crippen LogP contribution in [0.5, 0.6) is 5.75 Å². The number of hydrogen-bond donors (Lipinski definition) is 1. The summed E-state index contributed by atoms with van der Waals surface area (Å²) in [7, 11) is 0. The van der Waals surface area contributed by atoms with Crippen molar-refractivity contribution in [1.82, 2.24) is 25.0 Å². The van der Waals surface area contributed by atoms with Crippen molar-refractivity contribution in [2.45, 2.75) is 38.5 Å². The Morgan fingerprint density at radius 1 is 1.00 bits per heavy atom. The zero-order valence-electron chi connectivity index (χ0n) is 18.4. The van der Waals surface area contributed by atoms with E-state index in [9.17, 15) is 4.79 Å². The summed E-state index contributed by atoms with van der Waals surface area (Å²) in [6.07, 6.45) is 1.77. The van der Waals surface area contributed by atoms with Gasteiger partial charge in [-0.2, -0.15) is 0 Å². The lowest BCUT2D eigenvalue weighted by atomic mass is 10.2. The maximum absolute atomic E-state index is 12.4. The Morgan fingerprint density at radius 3 is 2.48 bits per heavy atom. The molecule has 0 saturated carbocycles. The minimum atomic E-state index is -0.171.